The molecule has 1 unspecified atom stereocenters. The average molecular weight is 448 g/mol. The summed E-state index contributed by atoms with van der Waals surface area (Å²) in [6.45, 7) is 4.17. The van der Waals surface area contributed by atoms with Crippen LogP contribution in [0.2, 0.25) is 0 Å². The Kier molecular flexibility index (Phi) is 7.11. The molecule has 168 valence electrons. The molecule has 1 amide bonds. The third-order valence-electron chi connectivity index (χ3n) is 5.11. The summed E-state index contributed by atoms with van der Waals surface area (Å²) < 4.78 is 33.9. The topological polar surface area (TPSA) is 105 Å². The van der Waals surface area contributed by atoms with E-state index < -0.39 is 10.0 Å². The Morgan fingerprint density at radius 2 is 2.03 bits per heavy atom. The highest BCUT2D eigenvalue weighted by molar-refractivity contribution is 7.89. The number of aromatic nitrogens is 2. The van der Waals surface area contributed by atoms with Crippen molar-refractivity contribution >= 4 is 27.4 Å². The fraction of sp³-hybridized carbons (Fsp3) is 0.476. The summed E-state index contributed by atoms with van der Waals surface area (Å²) in [6, 6.07) is 8.39. The van der Waals surface area contributed by atoms with Gasteiger partial charge in [0.25, 0.3) is 0 Å². The van der Waals surface area contributed by atoms with Crippen molar-refractivity contribution in [2.24, 2.45) is 0 Å². The first-order valence-electron chi connectivity index (χ1n) is 10.3. The zero-order chi connectivity index (χ0) is 22.6. The molecule has 1 aliphatic rings. The quantitative estimate of drug-likeness (QED) is 0.695. The van der Waals surface area contributed by atoms with Crippen molar-refractivity contribution in [1.82, 2.24) is 14.5 Å². The number of carbonyl (C=O) groups excluding carboxylic acids is 1. The third kappa shape index (κ3) is 5.50. The van der Waals surface area contributed by atoms with Crippen LogP contribution in [0.5, 0.6) is 5.88 Å². The molecule has 3 rings (SSSR count). The van der Waals surface area contributed by atoms with Crippen molar-refractivity contribution in [1.29, 1.82) is 0 Å². The number of rotatable bonds is 7. The lowest BCUT2D eigenvalue weighted by Crippen LogP contribution is -2.44. The predicted octanol–water partition coefficient (Wildman–Crippen LogP) is 2.43. The molecule has 1 N–H and O–H groups in total. The highest BCUT2D eigenvalue weighted by Gasteiger charge is 2.32. The number of amides is 1. The number of nitrogens with one attached hydrogen (secondary N) is 1. The van der Waals surface area contributed by atoms with Crippen molar-refractivity contribution < 1.29 is 17.9 Å². The lowest BCUT2D eigenvalue weighted by Gasteiger charge is -2.32. The molecule has 31 heavy (non-hydrogen) atoms. The monoisotopic (exact) mass is 447 g/mol. The number of anilines is 2. The maximum Gasteiger partial charge on any atom is 0.243 e. The standard InChI is InChI=1S/C21H29N5O4S/c1-5-20(27)22-16-8-9-18(15(2)13-16)31(28,29)26-12-6-7-17(14-26)30-21-11-10-19(23-24-21)25(3)4/h8-11,13,17H,5-7,12,14H2,1-4H3,(H,22,27). The van der Waals surface area contributed by atoms with Gasteiger partial charge in [0.05, 0.1) is 11.4 Å². The second-order valence-corrected chi connectivity index (χ2v) is 9.66. The van der Waals surface area contributed by atoms with E-state index in [1.165, 1.54) is 4.31 Å². The molecule has 0 spiro atoms. The molecule has 2 aromatic rings. The number of carbonyl (C=O) groups is 1. The van der Waals surface area contributed by atoms with Crippen LogP contribution in [-0.4, -0.2) is 62.1 Å². The number of hydrogen-bond acceptors (Lipinski definition) is 7. The first kappa shape index (κ1) is 23.0. The van der Waals surface area contributed by atoms with Gasteiger partial charge in [-0.3, -0.25) is 4.79 Å². The van der Waals surface area contributed by atoms with Gasteiger partial charge in [-0.15, -0.1) is 10.2 Å². The van der Waals surface area contributed by atoms with Crippen molar-refractivity contribution in [3.63, 3.8) is 0 Å². The lowest BCUT2D eigenvalue weighted by atomic mass is 10.1. The first-order valence-corrected chi connectivity index (χ1v) is 11.7. The average Bonchev–Trinajstić information content (AvgIpc) is 2.74. The lowest BCUT2D eigenvalue weighted by molar-refractivity contribution is -0.115. The van der Waals surface area contributed by atoms with Gasteiger partial charge < -0.3 is 15.0 Å². The highest BCUT2D eigenvalue weighted by Crippen LogP contribution is 2.27. The Labute approximate surface area is 183 Å². The van der Waals surface area contributed by atoms with Gasteiger partial charge in [-0.25, -0.2) is 8.42 Å². The summed E-state index contributed by atoms with van der Waals surface area (Å²) in [5, 5.41) is 10.9. The fourth-order valence-electron chi connectivity index (χ4n) is 3.41. The minimum Gasteiger partial charge on any atom is -0.472 e. The summed E-state index contributed by atoms with van der Waals surface area (Å²) in [5.41, 5.74) is 1.17. The van der Waals surface area contributed by atoms with Gasteiger partial charge in [0.1, 0.15) is 6.10 Å². The number of nitrogens with zero attached hydrogens (tertiary/aromatic N) is 4. The Balaban J connectivity index is 1.72. The van der Waals surface area contributed by atoms with Crippen molar-refractivity contribution in [2.75, 3.05) is 37.4 Å². The number of hydrogen-bond donors (Lipinski definition) is 1. The van der Waals surface area contributed by atoms with Crippen LogP contribution >= 0.6 is 0 Å². The Bertz CT molecular complexity index is 1020. The summed E-state index contributed by atoms with van der Waals surface area (Å²) >= 11 is 0. The Hall–Kier alpha value is -2.72. The van der Waals surface area contributed by atoms with E-state index in [1.54, 1.807) is 38.1 Å². The summed E-state index contributed by atoms with van der Waals surface area (Å²) in [5.74, 6) is 0.976. The minimum absolute atomic E-state index is 0.118. The van der Waals surface area contributed by atoms with Gasteiger partial charge in [-0.05, 0) is 49.6 Å². The SMILES string of the molecule is CCC(=O)Nc1ccc(S(=O)(=O)N2CCCC(Oc3ccc(N(C)C)nn3)C2)c(C)c1. The van der Waals surface area contributed by atoms with Crippen LogP contribution in [0.1, 0.15) is 31.7 Å². The van der Waals surface area contributed by atoms with Gasteiger partial charge in [0.2, 0.25) is 21.8 Å². The maximum atomic E-state index is 13.3. The molecule has 10 heteroatoms. The third-order valence-corrected chi connectivity index (χ3v) is 7.14. The van der Waals surface area contributed by atoms with Crippen LogP contribution in [0.3, 0.4) is 0 Å². The Morgan fingerprint density at radius 3 is 2.65 bits per heavy atom. The van der Waals surface area contributed by atoms with Crippen LogP contribution in [0.4, 0.5) is 11.5 Å². The van der Waals surface area contributed by atoms with E-state index in [2.05, 4.69) is 15.5 Å². The van der Waals surface area contributed by atoms with Gasteiger partial charge in [-0.1, -0.05) is 6.92 Å². The molecule has 1 aromatic carbocycles. The van der Waals surface area contributed by atoms with Gasteiger partial charge in [0, 0.05) is 38.8 Å². The molecule has 1 aromatic heterocycles. The second-order valence-electron chi connectivity index (χ2n) is 7.75. The first-order chi connectivity index (χ1) is 14.7. The van der Waals surface area contributed by atoms with E-state index in [1.807, 2.05) is 25.1 Å². The smallest absolute Gasteiger partial charge is 0.243 e. The number of piperidine rings is 1. The molecule has 1 saturated heterocycles. The molecule has 1 atom stereocenters. The van der Waals surface area contributed by atoms with E-state index in [0.717, 1.165) is 6.42 Å². The Morgan fingerprint density at radius 1 is 1.26 bits per heavy atom. The number of ether oxygens (including phenoxy) is 1. The summed E-state index contributed by atoms with van der Waals surface area (Å²) in [4.78, 5) is 13.7. The van der Waals surface area contributed by atoms with Crippen molar-refractivity contribution in [2.45, 2.75) is 44.1 Å². The van der Waals surface area contributed by atoms with Crippen LogP contribution < -0.4 is 15.0 Å². The van der Waals surface area contributed by atoms with E-state index >= 15 is 0 Å². The molecule has 0 aliphatic carbocycles. The summed E-state index contributed by atoms with van der Waals surface area (Å²) in [6.07, 6.45) is 1.49. The van der Waals surface area contributed by atoms with Gasteiger partial charge in [-0.2, -0.15) is 4.31 Å². The maximum absolute atomic E-state index is 13.3. The van der Waals surface area contributed by atoms with Crippen LogP contribution in [0, 0.1) is 6.92 Å². The van der Waals surface area contributed by atoms with E-state index in [0.29, 0.717) is 42.3 Å². The van der Waals surface area contributed by atoms with Crippen LogP contribution in [0.15, 0.2) is 35.2 Å². The zero-order valence-corrected chi connectivity index (χ0v) is 19.1. The van der Waals surface area contributed by atoms with Crippen molar-refractivity contribution in [3.05, 3.63) is 35.9 Å². The second kappa shape index (κ2) is 9.61. The normalized spacial score (nSPS) is 17.2. The fourth-order valence-corrected chi connectivity index (χ4v) is 5.13. The van der Waals surface area contributed by atoms with Gasteiger partial charge >= 0.3 is 0 Å². The number of sulfonamides is 1. The highest BCUT2D eigenvalue weighted by atomic mass is 32.2. The molecule has 9 nitrogen and oxygen atoms in total. The van der Waals surface area contributed by atoms with Crippen LogP contribution in [-0.2, 0) is 14.8 Å². The summed E-state index contributed by atoms with van der Waals surface area (Å²) in [7, 11) is 0.0626. The van der Waals surface area contributed by atoms with E-state index in [4.69, 9.17) is 4.74 Å². The largest absolute Gasteiger partial charge is 0.472 e. The molecule has 0 bridgehead atoms. The molecule has 1 aliphatic heterocycles. The number of benzene rings is 1. The molecule has 0 saturated carbocycles. The van der Waals surface area contributed by atoms with Crippen molar-refractivity contribution in [3.8, 4) is 5.88 Å². The minimum atomic E-state index is -3.69. The molecule has 2 heterocycles. The predicted molar refractivity (Wildman–Crippen MR) is 119 cm³/mol. The molecular weight excluding hydrogens is 418 g/mol. The zero-order valence-electron chi connectivity index (χ0n) is 18.3. The van der Waals surface area contributed by atoms with E-state index in [-0.39, 0.29) is 23.5 Å². The van der Waals surface area contributed by atoms with E-state index in [9.17, 15) is 13.2 Å². The molecular formula is C21H29N5O4S. The molecule has 0 radical (unpaired) electrons. The van der Waals surface area contributed by atoms with Crippen LogP contribution in [0.25, 0.3) is 0 Å². The molecule has 1 fully saturated rings. The number of aryl methyl sites for hydroxylation is 1. The van der Waals surface area contributed by atoms with Gasteiger partial charge in [0.15, 0.2) is 5.82 Å².